The van der Waals surface area contributed by atoms with Crippen LogP contribution in [0.4, 0.5) is 17.1 Å². The van der Waals surface area contributed by atoms with Crippen LogP contribution >= 0.6 is 23.8 Å². The van der Waals surface area contributed by atoms with Crippen LogP contribution in [0.2, 0.25) is 5.02 Å². The monoisotopic (exact) mass is 498 g/mol. The summed E-state index contributed by atoms with van der Waals surface area (Å²) in [6, 6.07) is 17.2. The van der Waals surface area contributed by atoms with Crippen molar-refractivity contribution < 1.29 is 19.2 Å². The molecule has 3 rings (SSSR count). The summed E-state index contributed by atoms with van der Waals surface area (Å²) in [5.41, 5.74) is 1.02. The summed E-state index contributed by atoms with van der Waals surface area (Å²) < 4.78 is 5.22. The average molecular weight is 499 g/mol. The number of nitrogens with zero attached hydrogens (tertiary/aromatic N) is 1. The van der Waals surface area contributed by atoms with Gasteiger partial charge in [0.2, 0.25) is 0 Å². The van der Waals surface area contributed by atoms with Gasteiger partial charge in [-0.25, -0.2) is 0 Å². The largest absolute Gasteiger partial charge is 0.487 e. The molecular formula is C23H19ClN4O5S. The van der Waals surface area contributed by atoms with Gasteiger partial charge in [-0.05, 0) is 61.6 Å². The van der Waals surface area contributed by atoms with E-state index in [0.717, 1.165) is 6.07 Å². The zero-order chi connectivity index (χ0) is 24.7. The van der Waals surface area contributed by atoms with Gasteiger partial charge in [0.25, 0.3) is 11.8 Å². The second-order valence-electron chi connectivity index (χ2n) is 6.80. The van der Waals surface area contributed by atoms with E-state index in [1.807, 2.05) is 0 Å². The number of anilines is 2. The van der Waals surface area contributed by atoms with E-state index in [9.17, 15) is 19.7 Å². The quantitative estimate of drug-likeness (QED) is 0.237. The zero-order valence-corrected chi connectivity index (χ0v) is 19.4. The van der Waals surface area contributed by atoms with E-state index < -0.39 is 10.8 Å². The Hall–Kier alpha value is -4.02. The van der Waals surface area contributed by atoms with Crippen molar-refractivity contribution in [2.45, 2.75) is 6.92 Å². The van der Waals surface area contributed by atoms with E-state index in [-0.39, 0.29) is 34.6 Å². The molecule has 0 aliphatic heterocycles. The van der Waals surface area contributed by atoms with E-state index in [1.54, 1.807) is 55.5 Å². The molecule has 3 aromatic rings. The predicted molar refractivity (Wildman–Crippen MR) is 134 cm³/mol. The highest BCUT2D eigenvalue weighted by Gasteiger charge is 2.19. The first-order valence-electron chi connectivity index (χ1n) is 9.98. The summed E-state index contributed by atoms with van der Waals surface area (Å²) in [7, 11) is 0. The van der Waals surface area contributed by atoms with Crippen LogP contribution in [0.15, 0.2) is 66.7 Å². The van der Waals surface area contributed by atoms with E-state index in [0.29, 0.717) is 22.0 Å². The number of halogens is 1. The fourth-order valence-electron chi connectivity index (χ4n) is 2.93. The van der Waals surface area contributed by atoms with Gasteiger partial charge < -0.3 is 15.4 Å². The standard InChI is InChI=1S/C23H19ClN4O5S/c1-2-33-20-11-10-14(12-19(20)28(31)32)21(29)27-23(34)26-16-7-5-6-15(13-16)25-22(30)17-8-3-4-9-18(17)24/h3-13H,2H2,1H3,(H,25,30)(H2,26,27,29,34). The lowest BCUT2D eigenvalue weighted by Gasteiger charge is -2.12. The maximum atomic E-state index is 12.5. The van der Waals surface area contributed by atoms with Crippen molar-refractivity contribution >= 4 is 57.8 Å². The first-order chi connectivity index (χ1) is 16.3. The van der Waals surface area contributed by atoms with Crippen molar-refractivity contribution in [2.24, 2.45) is 0 Å². The van der Waals surface area contributed by atoms with Crippen LogP contribution < -0.4 is 20.7 Å². The van der Waals surface area contributed by atoms with Crippen LogP contribution in [0.25, 0.3) is 0 Å². The molecule has 3 aromatic carbocycles. The molecule has 0 radical (unpaired) electrons. The number of carbonyl (C=O) groups is 2. The number of nitro benzene ring substituents is 1. The Morgan fingerprint density at radius 2 is 1.71 bits per heavy atom. The van der Waals surface area contributed by atoms with Crippen molar-refractivity contribution in [1.29, 1.82) is 0 Å². The number of carbonyl (C=O) groups excluding carboxylic acids is 2. The van der Waals surface area contributed by atoms with Crippen molar-refractivity contribution in [2.75, 3.05) is 17.2 Å². The van der Waals surface area contributed by atoms with Gasteiger partial charge >= 0.3 is 5.69 Å². The van der Waals surface area contributed by atoms with E-state index in [2.05, 4.69) is 16.0 Å². The van der Waals surface area contributed by atoms with Crippen LogP contribution in [-0.2, 0) is 0 Å². The molecule has 0 fully saturated rings. The third kappa shape index (κ3) is 6.27. The topological polar surface area (TPSA) is 123 Å². The number of nitrogens with one attached hydrogen (secondary N) is 3. The van der Waals surface area contributed by atoms with E-state index in [1.165, 1.54) is 12.1 Å². The minimum absolute atomic E-state index is 0.0314. The predicted octanol–water partition coefficient (Wildman–Crippen LogP) is 5.03. The van der Waals surface area contributed by atoms with Crippen LogP contribution in [-0.4, -0.2) is 28.5 Å². The average Bonchev–Trinajstić information content (AvgIpc) is 2.79. The first-order valence-corrected chi connectivity index (χ1v) is 10.8. The highest BCUT2D eigenvalue weighted by atomic mass is 35.5. The third-order valence-corrected chi connectivity index (χ3v) is 4.98. The maximum Gasteiger partial charge on any atom is 0.311 e. The number of thiocarbonyl (C=S) groups is 1. The number of ether oxygens (including phenoxy) is 1. The molecule has 0 aliphatic carbocycles. The second kappa shape index (κ2) is 11.2. The minimum Gasteiger partial charge on any atom is -0.487 e. The lowest BCUT2D eigenvalue weighted by Crippen LogP contribution is -2.34. The van der Waals surface area contributed by atoms with Gasteiger partial charge in [0, 0.05) is 23.0 Å². The molecule has 3 N–H and O–H groups in total. The molecule has 174 valence electrons. The van der Waals surface area contributed by atoms with E-state index in [4.69, 9.17) is 28.6 Å². The summed E-state index contributed by atoms with van der Waals surface area (Å²) in [5.74, 6) is -0.942. The summed E-state index contributed by atoms with van der Waals surface area (Å²) >= 11 is 11.2. The molecule has 0 aliphatic rings. The summed E-state index contributed by atoms with van der Waals surface area (Å²) in [5, 5.41) is 19.6. The molecule has 2 amide bonds. The van der Waals surface area contributed by atoms with Gasteiger partial charge in [-0.1, -0.05) is 29.8 Å². The lowest BCUT2D eigenvalue weighted by atomic mass is 10.1. The molecule has 0 saturated carbocycles. The van der Waals surface area contributed by atoms with Gasteiger partial charge in [0.05, 0.1) is 22.1 Å². The van der Waals surface area contributed by atoms with Crippen molar-refractivity contribution in [1.82, 2.24) is 5.32 Å². The number of benzene rings is 3. The van der Waals surface area contributed by atoms with Gasteiger partial charge in [0.15, 0.2) is 10.9 Å². The zero-order valence-electron chi connectivity index (χ0n) is 17.8. The van der Waals surface area contributed by atoms with Crippen LogP contribution in [0.5, 0.6) is 5.75 Å². The Balaban J connectivity index is 1.66. The first kappa shape index (κ1) is 24.6. The molecule has 0 bridgehead atoms. The highest BCUT2D eigenvalue weighted by molar-refractivity contribution is 7.80. The second-order valence-corrected chi connectivity index (χ2v) is 7.61. The Morgan fingerprint density at radius 3 is 2.38 bits per heavy atom. The Bertz CT molecular complexity index is 1270. The van der Waals surface area contributed by atoms with Gasteiger partial charge in [-0.3, -0.25) is 25.0 Å². The maximum absolute atomic E-state index is 12.5. The Kier molecular flexibility index (Phi) is 8.12. The molecule has 0 unspecified atom stereocenters. The number of rotatable bonds is 7. The van der Waals surface area contributed by atoms with Crippen LogP contribution in [0, 0.1) is 10.1 Å². The molecule has 0 saturated heterocycles. The van der Waals surface area contributed by atoms with Crippen molar-refractivity contribution in [3.63, 3.8) is 0 Å². The molecule has 0 atom stereocenters. The summed E-state index contributed by atoms with van der Waals surface area (Å²) in [4.78, 5) is 35.6. The Labute approximate surface area is 205 Å². The highest BCUT2D eigenvalue weighted by Crippen LogP contribution is 2.28. The molecule has 0 aromatic heterocycles. The fourth-order valence-corrected chi connectivity index (χ4v) is 3.37. The van der Waals surface area contributed by atoms with E-state index >= 15 is 0 Å². The molecular weight excluding hydrogens is 480 g/mol. The van der Waals surface area contributed by atoms with Crippen molar-refractivity contribution in [3.05, 3.63) is 93.0 Å². The fraction of sp³-hybridized carbons (Fsp3) is 0.0870. The molecule has 11 heteroatoms. The van der Waals surface area contributed by atoms with Gasteiger partial charge in [-0.15, -0.1) is 0 Å². The molecule has 34 heavy (non-hydrogen) atoms. The number of nitro groups is 1. The minimum atomic E-state index is -0.633. The molecule has 0 spiro atoms. The van der Waals surface area contributed by atoms with Gasteiger partial charge in [-0.2, -0.15) is 0 Å². The van der Waals surface area contributed by atoms with Gasteiger partial charge in [0.1, 0.15) is 0 Å². The number of hydrogen-bond donors (Lipinski definition) is 3. The Morgan fingerprint density at radius 1 is 1.00 bits per heavy atom. The lowest BCUT2D eigenvalue weighted by molar-refractivity contribution is -0.385. The van der Waals surface area contributed by atoms with Crippen molar-refractivity contribution in [3.8, 4) is 5.75 Å². The summed E-state index contributed by atoms with van der Waals surface area (Å²) in [6.07, 6.45) is 0. The smallest absolute Gasteiger partial charge is 0.311 e. The molecule has 0 heterocycles. The number of hydrogen-bond acceptors (Lipinski definition) is 6. The number of amides is 2. The van der Waals surface area contributed by atoms with Crippen LogP contribution in [0.1, 0.15) is 27.6 Å². The third-order valence-electron chi connectivity index (χ3n) is 4.44. The summed E-state index contributed by atoms with van der Waals surface area (Å²) in [6.45, 7) is 1.95. The molecule has 9 nitrogen and oxygen atoms in total. The SMILES string of the molecule is CCOc1ccc(C(=O)NC(=S)Nc2cccc(NC(=O)c3ccccc3Cl)c2)cc1[N+](=O)[O-]. The normalized spacial score (nSPS) is 10.2. The van der Waals surface area contributed by atoms with Crippen LogP contribution in [0.3, 0.4) is 0 Å².